The lowest BCUT2D eigenvalue weighted by atomic mass is 9.33. The molecule has 0 aromatic carbocycles. The summed E-state index contributed by atoms with van der Waals surface area (Å²) in [6.07, 6.45) is -2.06. The third kappa shape index (κ3) is 4.55. The van der Waals surface area contributed by atoms with E-state index in [1.54, 1.807) is 6.92 Å². The summed E-state index contributed by atoms with van der Waals surface area (Å²) in [6.45, 7) is 11.9. The van der Waals surface area contributed by atoms with Crippen molar-refractivity contribution in [2.24, 2.45) is 50.2 Å². The first kappa shape index (κ1) is 35.2. The van der Waals surface area contributed by atoms with Crippen LogP contribution in [0, 0.1) is 50.2 Å². The molecular weight excluding hydrogens is 608 g/mol. The highest BCUT2D eigenvalue weighted by Crippen LogP contribution is 2.76. The Kier molecular flexibility index (Phi) is 8.40. The van der Waals surface area contributed by atoms with E-state index in [-0.39, 0.29) is 22.7 Å². The number of carboxylic acid groups (broad SMARTS) is 1. The second-order valence-electron chi connectivity index (χ2n) is 17.6. The van der Waals surface area contributed by atoms with E-state index >= 15 is 0 Å². The minimum Gasteiger partial charge on any atom is -0.481 e. The number of aliphatic hydroxyl groups excluding tert-OH is 6. The summed E-state index contributed by atoms with van der Waals surface area (Å²) in [6, 6.07) is 0. The first-order valence-corrected chi connectivity index (χ1v) is 17.6. The average molecular weight is 665 g/mol. The van der Waals surface area contributed by atoms with E-state index in [1.165, 1.54) is 0 Å². The van der Waals surface area contributed by atoms with Gasteiger partial charge < -0.3 is 45.2 Å². The topological polar surface area (TPSA) is 194 Å². The summed E-state index contributed by atoms with van der Waals surface area (Å²) in [5, 5.41) is 74.5. The number of fused-ring (bicyclic) bond motifs is 7. The van der Waals surface area contributed by atoms with Crippen LogP contribution in [0.3, 0.4) is 0 Å². The van der Waals surface area contributed by atoms with E-state index in [2.05, 4.69) is 26.8 Å². The van der Waals surface area contributed by atoms with E-state index in [0.717, 1.165) is 18.4 Å². The summed E-state index contributed by atoms with van der Waals surface area (Å²) < 4.78 is 11.4. The fourth-order valence-corrected chi connectivity index (χ4v) is 12.0. The van der Waals surface area contributed by atoms with E-state index in [1.807, 2.05) is 13.8 Å². The van der Waals surface area contributed by atoms with Gasteiger partial charge in [0.15, 0.2) is 0 Å². The molecular formula is C36H56O11. The first-order valence-electron chi connectivity index (χ1n) is 17.6. The molecule has 0 amide bonds. The van der Waals surface area contributed by atoms with Crippen molar-refractivity contribution in [3.8, 4) is 0 Å². The maximum atomic E-state index is 14.4. The molecule has 0 bridgehead atoms. The number of rotatable bonds is 4. The molecule has 47 heavy (non-hydrogen) atoms. The second-order valence-corrected chi connectivity index (χ2v) is 17.6. The second kappa shape index (κ2) is 11.2. The van der Waals surface area contributed by atoms with Crippen LogP contribution < -0.4 is 0 Å². The van der Waals surface area contributed by atoms with E-state index in [0.29, 0.717) is 44.9 Å². The van der Waals surface area contributed by atoms with Crippen LogP contribution >= 0.6 is 0 Å². The Labute approximate surface area is 277 Å². The number of carboxylic acids is 1. The highest BCUT2D eigenvalue weighted by molar-refractivity contribution is 5.79. The first-order chi connectivity index (χ1) is 21.8. The average Bonchev–Trinajstić information content (AvgIpc) is 3.01. The number of allylic oxidation sites excluding steroid dienone is 1. The van der Waals surface area contributed by atoms with E-state index < -0.39 is 89.0 Å². The zero-order chi connectivity index (χ0) is 34.7. The Hall–Kier alpha value is -1.60. The maximum absolute atomic E-state index is 14.4. The van der Waals surface area contributed by atoms with Gasteiger partial charge in [0.25, 0.3) is 0 Å². The summed E-state index contributed by atoms with van der Waals surface area (Å²) >= 11 is 0. The molecule has 1 aliphatic heterocycles. The standard InChI is InChI=1S/C36H56O11/c1-31(2)13-15-36(30(45)47-28-26(41)25(40)24(39)19(17-37)46-28)16-14-33(4)18(23(36)27(31)42)7-8-20-32(3)11-10-22(38)35(6,29(43)44)21(32)9-12-34(20,33)5/h7,19-28,37-42H,8-17H2,1-6H3,(H,43,44)/t19-,20-,21+,22-,23+,24+,25+,26+,27-,28+,32+,33+,34-,35-,36+/m0/s1. The molecule has 11 nitrogen and oxygen atoms in total. The van der Waals surface area contributed by atoms with Crippen LogP contribution in [0.2, 0.25) is 0 Å². The third-order valence-electron chi connectivity index (χ3n) is 15.4. The van der Waals surface area contributed by atoms with Gasteiger partial charge in [0.2, 0.25) is 6.29 Å². The largest absolute Gasteiger partial charge is 0.481 e. The number of ether oxygens (including phenoxy) is 2. The van der Waals surface area contributed by atoms with Gasteiger partial charge in [-0.15, -0.1) is 0 Å². The van der Waals surface area contributed by atoms with Crippen molar-refractivity contribution in [3.63, 3.8) is 0 Å². The predicted molar refractivity (Wildman–Crippen MR) is 168 cm³/mol. The highest BCUT2D eigenvalue weighted by Gasteiger charge is 2.72. The lowest BCUT2D eigenvalue weighted by Gasteiger charge is -2.71. The Bertz CT molecular complexity index is 1310. The van der Waals surface area contributed by atoms with Crippen molar-refractivity contribution < 1.29 is 54.8 Å². The van der Waals surface area contributed by atoms with Crippen LogP contribution in [0.25, 0.3) is 0 Å². The number of aliphatic carboxylic acids is 1. The van der Waals surface area contributed by atoms with E-state index in [4.69, 9.17) is 9.47 Å². The number of hydrogen-bond donors (Lipinski definition) is 7. The molecule has 1 heterocycles. The number of carbonyl (C=O) groups excluding carboxylic acids is 1. The Balaban J connectivity index is 1.39. The molecule has 0 spiro atoms. The third-order valence-corrected chi connectivity index (χ3v) is 15.4. The SMILES string of the molecule is CC1(C)CC[C@@]2(C(=O)O[C@H]3O[C@@H](CO)[C@@H](O)[C@@H](O)[C@H]3O)CC[C@]3(C)C(=CC[C@H]4[C@@]5(C)CC[C@H](O)[C@@](C)(C(=O)O)[C@@H]5CC[C@@]43C)[C@@H]2[C@@H]1O. The quantitative estimate of drug-likeness (QED) is 0.172. The molecule has 0 radical (unpaired) electrons. The van der Waals surface area contributed by atoms with Crippen LogP contribution in [-0.2, 0) is 19.1 Å². The van der Waals surface area contributed by atoms with Crippen molar-refractivity contribution in [2.45, 2.75) is 142 Å². The summed E-state index contributed by atoms with van der Waals surface area (Å²) in [4.78, 5) is 27.1. The highest BCUT2D eigenvalue weighted by atomic mass is 16.7. The van der Waals surface area contributed by atoms with Gasteiger partial charge in [-0.05, 0) is 98.2 Å². The van der Waals surface area contributed by atoms with Gasteiger partial charge in [-0.2, -0.15) is 0 Å². The number of carbonyl (C=O) groups is 2. The Morgan fingerprint density at radius 3 is 2.15 bits per heavy atom. The van der Waals surface area contributed by atoms with Crippen molar-refractivity contribution in [1.29, 1.82) is 0 Å². The number of esters is 1. The van der Waals surface area contributed by atoms with Crippen LogP contribution in [0.4, 0.5) is 0 Å². The molecule has 4 saturated carbocycles. The molecule has 7 N–H and O–H groups in total. The normalized spacial score (nSPS) is 53.7. The molecule has 11 heteroatoms. The predicted octanol–water partition coefficient (Wildman–Crippen LogP) is 2.53. The molecule has 5 fully saturated rings. The Morgan fingerprint density at radius 2 is 1.51 bits per heavy atom. The Morgan fingerprint density at radius 1 is 0.851 bits per heavy atom. The zero-order valence-electron chi connectivity index (χ0n) is 28.7. The van der Waals surface area contributed by atoms with Gasteiger partial charge in [0.1, 0.15) is 24.4 Å². The van der Waals surface area contributed by atoms with Crippen LogP contribution in [0.5, 0.6) is 0 Å². The minimum absolute atomic E-state index is 0.135. The number of aliphatic hydroxyl groups is 6. The lowest BCUT2D eigenvalue weighted by Crippen LogP contribution is -2.68. The molecule has 0 aromatic rings. The van der Waals surface area contributed by atoms with Crippen molar-refractivity contribution in [3.05, 3.63) is 11.6 Å². The van der Waals surface area contributed by atoms with Gasteiger partial charge in [0, 0.05) is 5.92 Å². The summed E-state index contributed by atoms with van der Waals surface area (Å²) in [7, 11) is 0. The van der Waals surface area contributed by atoms with Crippen molar-refractivity contribution in [2.75, 3.05) is 6.61 Å². The van der Waals surface area contributed by atoms with Gasteiger partial charge in [-0.3, -0.25) is 9.59 Å². The smallest absolute Gasteiger partial charge is 0.315 e. The van der Waals surface area contributed by atoms with Gasteiger partial charge in [0.05, 0.1) is 29.6 Å². The van der Waals surface area contributed by atoms with Gasteiger partial charge >= 0.3 is 11.9 Å². The molecule has 5 aliphatic carbocycles. The molecule has 15 atom stereocenters. The maximum Gasteiger partial charge on any atom is 0.315 e. The molecule has 1 saturated heterocycles. The minimum atomic E-state index is -1.72. The van der Waals surface area contributed by atoms with Crippen molar-refractivity contribution in [1.82, 2.24) is 0 Å². The van der Waals surface area contributed by atoms with Gasteiger partial charge in [-0.1, -0.05) is 46.3 Å². The molecule has 0 aromatic heterocycles. The van der Waals surface area contributed by atoms with Gasteiger partial charge in [-0.25, -0.2) is 0 Å². The van der Waals surface area contributed by atoms with Crippen LogP contribution in [0.15, 0.2) is 11.6 Å². The van der Waals surface area contributed by atoms with Crippen LogP contribution in [-0.4, -0.2) is 97.2 Å². The molecule has 6 rings (SSSR count). The fraction of sp³-hybridized carbons (Fsp3) is 0.889. The molecule has 6 aliphatic rings. The monoisotopic (exact) mass is 664 g/mol. The van der Waals surface area contributed by atoms with Crippen LogP contribution in [0.1, 0.15) is 99.3 Å². The zero-order valence-corrected chi connectivity index (χ0v) is 28.7. The summed E-state index contributed by atoms with van der Waals surface area (Å²) in [5.41, 5.74) is -2.83. The van der Waals surface area contributed by atoms with Crippen molar-refractivity contribution >= 4 is 11.9 Å². The van der Waals surface area contributed by atoms with E-state index in [9.17, 15) is 45.3 Å². The summed E-state index contributed by atoms with van der Waals surface area (Å²) in [5.74, 6) is -2.22. The fourth-order valence-electron chi connectivity index (χ4n) is 12.0. The molecule has 266 valence electrons. The molecule has 0 unspecified atom stereocenters. The number of hydrogen-bond acceptors (Lipinski definition) is 10. The lowest BCUT2D eigenvalue weighted by molar-refractivity contribution is -0.298.